The van der Waals surface area contributed by atoms with Gasteiger partial charge in [-0.1, -0.05) is 13.0 Å². The van der Waals surface area contributed by atoms with E-state index in [0.717, 1.165) is 17.9 Å². The van der Waals surface area contributed by atoms with Gasteiger partial charge in [-0.2, -0.15) is 0 Å². The zero-order chi connectivity index (χ0) is 15.1. The predicted molar refractivity (Wildman–Crippen MR) is 89.5 cm³/mol. The highest BCUT2D eigenvalue weighted by atomic mass is 32.1. The van der Waals surface area contributed by atoms with Crippen LogP contribution in [0.5, 0.6) is 5.75 Å². The van der Waals surface area contributed by atoms with Gasteiger partial charge in [-0.15, -0.1) is 11.3 Å². The van der Waals surface area contributed by atoms with Crippen molar-refractivity contribution in [2.45, 2.75) is 26.3 Å². The predicted octanol–water partition coefficient (Wildman–Crippen LogP) is 4.51. The lowest BCUT2D eigenvalue weighted by Gasteiger charge is -2.15. The van der Waals surface area contributed by atoms with Crippen molar-refractivity contribution in [3.05, 3.63) is 46.2 Å². The van der Waals surface area contributed by atoms with Gasteiger partial charge in [-0.05, 0) is 37.6 Å². The maximum Gasteiger partial charge on any atom is 0.121 e. The van der Waals surface area contributed by atoms with Gasteiger partial charge < -0.3 is 14.8 Å². The van der Waals surface area contributed by atoms with E-state index in [-0.39, 0.29) is 0 Å². The normalized spacial score (nSPS) is 12.1. The van der Waals surface area contributed by atoms with E-state index in [1.807, 2.05) is 29.5 Å². The number of thiophene rings is 1. The molecule has 1 heterocycles. The highest BCUT2D eigenvalue weighted by Gasteiger charge is 2.08. The van der Waals surface area contributed by atoms with Crippen molar-refractivity contribution in [3.8, 4) is 5.75 Å². The summed E-state index contributed by atoms with van der Waals surface area (Å²) >= 11 is 1.87. The summed E-state index contributed by atoms with van der Waals surface area (Å²) in [5.41, 5.74) is 1.07. The lowest BCUT2D eigenvalue weighted by Crippen LogP contribution is -2.06. The molecular weight excluding hydrogens is 282 g/mol. The first-order valence-corrected chi connectivity index (χ1v) is 8.11. The number of anilines is 1. The number of methoxy groups -OCH3 is 1. The van der Waals surface area contributed by atoms with Crippen LogP contribution in [0, 0.1) is 0 Å². The van der Waals surface area contributed by atoms with Crippen molar-refractivity contribution in [2.75, 3.05) is 25.6 Å². The molecule has 1 unspecified atom stereocenters. The molecule has 1 aromatic heterocycles. The van der Waals surface area contributed by atoms with Gasteiger partial charge in [0.05, 0.1) is 12.6 Å². The van der Waals surface area contributed by atoms with Crippen LogP contribution in [0.4, 0.5) is 5.69 Å². The Balaban J connectivity index is 1.96. The highest BCUT2D eigenvalue weighted by Crippen LogP contribution is 2.27. The number of hydrogen-bond acceptors (Lipinski definition) is 4. The fourth-order valence-electron chi connectivity index (χ4n) is 2.06. The van der Waals surface area contributed by atoms with Gasteiger partial charge in [0.1, 0.15) is 12.4 Å². The molecule has 0 saturated heterocycles. The molecule has 114 valence electrons. The minimum absolute atomic E-state index is 0.296. The third-order valence-corrected chi connectivity index (χ3v) is 4.64. The number of ether oxygens (including phenoxy) is 2. The molecule has 0 aliphatic rings. The average Bonchev–Trinajstić information content (AvgIpc) is 2.97. The topological polar surface area (TPSA) is 30.5 Å². The van der Waals surface area contributed by atoms with Gasteiger partial charge >= 0.3 is 0 Å². The molecule has 0 radical (unpaired) electrons. The Hall–Kier alpha value is -1.52. The molecule has 1 N–H and O–H groups in total. The van der Waals surface area contributed by atoms with Gasteiger partial charge in [-0.25, -0.2) is 0 Å². The number of rotatable bonds is 8. The van der Waals surface area contributed by atoms with Gasteiger partial charge in [0.25, 0.3) is 0 Å². The SMILES string of the molecule is CCc1ccc(C(C)Nc2cccc(OCCOC)c2)s1. The van der Waals surface area contributed by atoms with Crippen LogP contribution in [-0.4, -0.2) is 20.3 Å². The smallest absolute Gasteiger partial charge is 0.121 e. The summed E-state index contributed by atoms with van der Waals surface area (Å²) in [6.45, 7) is 5.54. The largest absolute Gasteiger partial charge is 0.491 e. The molecule has 0 bridgehead atoms. The third-order valence-electron chi connectivity index (χ3n) is 3.23. The van der Waals surface area contributed by atoms with Crippen molar-refractivity contribution < 1.29 is 9.47 Å². The first kappa shape index (κ1) is 15.9. The fourth-order valence-corrected chi connectivity index (χ4v) is 3.01. The molecule has 3 nitrogen and oxygen atoms in total. The van der Waals surface area contributed by atoms with Crippen molar-refractivity contribution in [2.24, 2.45) is 0 Å². The lowest BCUT2D eigenvalue weighted by molar-refractivity contribution is 0.146. The second kappa shape index (κ2) is 8.05. The highest BCUT2D eigenvalue weighted by molar-refractivity contribution is 7.12. The van der Waals surface area contributed by atoms with E-state index in [1.165, 1.54) is 9.75 Å². The van der Waals surface area contributed by atoms with E-state index >= 15 is 0 Å². The molecule has 4 heteroatoms. The van der Waals surface area contributed by atoms with Crippen molar-refractivity contribution in [3.63, 3.8) is 0 Å². The lowest BCUT2D eigenvalue weighted by atomic mass is 10.2. The third kappa shape index (κ3) is 4.76. The van der Waals surface area contributed by atoms with Gasteiger partial charge in [-0.3, -0.25) is 0 Å². The molecule has 1 aromatic carbocycles. The minimum atomic E-state index is 0.296. The monoisotopic (exact) mass is 305 g/mol. The van der Waals surface area contributed by atoms with Crippen LogP contribution in [-0.2, 0) is 11.2 Å². The standard InChI is InChI=1S/C17H23NO2S/c1-4-16-8-9-17(21-16)13(2)18-14-6-5-7-15(12-14)20-11-10-19-3/h5-9,12-13,18H,4,10-11H2,1-3H3. The number of aryl methyl sites for hydroxylation is 1. The van der Waals surface area contributed by atoms with E-state index in [4.69, 9.17) is 9.47 Å². The minimum Gasteiger partial charge on any atom is -0.491 e. The molecular formula is C17H23NO2S. The van der Waals surface area contributed by atoms with E-state index in [2.05, 4.69) is 37.4 Å². The summed E-state index contributed by atoms with van der Waals surface area (Å²) in [6.07, 6.45) is 1.10. The molecule has 0 amide bonds. The molecule has 0 fully saturated rings. The summed E-state index contributed by atoms with van der Waals surface area (Å²) in [5.74, 6) is 0.865. The average molecular weight is 305 g/mol. The Morgan fingerprint density at radius 1 is 1.19 bits per heavy atom. The first-order valence-electron chi connectivity index (χ1n) is 7.30. The van der Waals surface area contributed by atoms with E-state index in [1.54, 1.807) is 7.11 Å². The quantitative estimate of drug-likeness (QED) is 0.728. The van der Waals surface area contributed by atoms with Gasteiger partial charge in [0.15, 0.2) is 0 Å². The molecule has 1 atom stereocenters. The molecule has 21 heavy (non-hydrogen) atoms. The Morgan fingerprint density at radius 2 is 2.05 bits per heavy atom. The summed E-state index contributed by atoms with van der Waals surface area (Å²) in [6, 6.07) is 12.8. The van der Waals surface area contributed by atoms with Gasteiger partial charge in [0, 0.05) is 28.6 Å². The fraction of sp³-hybridized carbons (Fsp3) is 0.412. The maximum atomic E-state index is 5.63. The van der Waals surface area contributed by atoms with Crippen LogP contribution in [0.15, 0.2) is 36.4 Å². The van der Waals surface area contributed by atoms with Gasteiger partial charge in [0.2, 0.25) is 0 Å². The Kier molecular flexibility index (Phi) is 6.08. The van der Waals surface area contributed by atoms with E-state index in [9.17, 15) is 0 Å². The van der Waals surface area contributed by atoms with Crippen molar-refractivity contribution in [1.82, 2.24) is 0 Å². The van der Waals surface area contributed by atoms with Crippen LogP contribution in [0.1, 0.15) is 29.6 Å². The molecule has 0 spiro atoms. The maximum absolute atomic E-state index is 5.63. The summed E-state index contributed by atoms with van der Waals surface area (Å²) in [5, 5.41) is 3.53. The van der Waals surface area contributed by atoms with Crippen molar-refractivity contribution >= 4 is 17.0 Å². The second-order valence-electron chi connectivity index (χ2n) is 4.89. The summed E-state index contributed by atoms with van der Waals surface area (Å²) < 4.78 is 10.6. The zero-order valence-electron chi connectivity index (χ0n) is 12.9. The molecule has 2 rings (SSSR count). The Labute approximate surface area is 130 Å². The zero-order valence-corrected chi connectivity index (χ0v) is 13.7. The molecule has 0 saturated carbocycles. The summed E-state index contributed by atoms with van der Waals surface area (Å²) in [7, 11) is 1.68. The van der Waals surface area contributed by atoms with Crippen LogP contribution < -0.4 is 10.1 Å². The molecule has 0 aliphatic heterocycles. The van der Waals surface area contributed by atoms with Crippen molar-refractivity contribution in [1.29, 1.82) is 0 Å². The second-order valence-corrected chi connectivity index (χ2v) is 6.09. The molecule has 2 aromatic rings. The van der Waals surface area contributed by atoms with Crippen LogP contribution in [0.3, 0.4) is 0 Å². The number of benzene rings is 1. The Bertz CT molecular complexity index is 553. The van der Waals surface area contributed by atoms with Crippen LogP contribution in [0.25, 0.3) is 0 Å². The molecule has 0 aliphatic carbocycles. The van der Waals surface area contributed by atoms with Crippen LogP contribution >= 0.6 is 11.3 Å². The van der Waals surface area contributed by atoms with Crippen LogP contribution in [0.2, 0.25) is 0 Å². The van der Waals surface area contributed by atoms with E-state index in [0.29, 0.717) is 19.3 Å². The number of hydrogen-bond donors (Lipinski definition) is 1. The first-order chi connectivity index (χ1) is 10.2. The van der Waals surface area contributed by atoms with E-state index < -0.39 is 0 Å². The Morgan fingerprint density at radius 3 is 2.76 bits per heavy atom. The number of nitrogens with one attached hydrogen (secondary N) is 1. The summed E-state index contributed by atoms with van der Waals surface area (Å²) in [4.78, 5) is 2.79.